The van der Waals surface area contributed by atoms with Gasteiger partial charge in [0.2, 0.25) is 0 Å². The maximum Gasteiger partial charge on any atom is 0.145 e. The van der Waals surface area contributed by atoms with Gasteiger partial charge in [-0.3, -0.25) is 19.2 Å². The van der Waals surface area contributed by atoms with E-state index in [9.17, 15) is 19.2 Å². The minimum atomic E-state index is -0.369. The van der Waals surface area contributed by atoms with Crippen LogP contribution < -0.4 is 0 Å². The van der Waals surface area contributed by atoms with Crippen LogP contribution in [0.1, 0.15) is 54.4 Å². The van der Waals surface area contributed by atoms with Crippen LogP contribution in [0.15, 0.2) is 0 Å². The SMILES string of the molecule is CC(=O)CC(=O)C(C)(C)C.CC(=O)CC(C)=O.[Zr]. The quantitative estimate of drug-likeness (QED) is 0.739. The Morgan fingerprint density at radius 1 is 0.722 bits per heavy atom. The molecule has 0 amide bonds. The first-order chi connectivity index (χ1) is 7.46. The number of hydrogen-bond acceptors (Lipinski definition) is 4. The Balaban J connectivity index is -0.000000251. The van der Waals surface area contributed by atoms with Crippen LogP contribution in [0.3, 0.4) is 0 Å². The Morgan fingerprint density at radius 3 is 1.06 bits per heavy atom. The Hall–Kier alpha value is -0.437. The van der Waals surface area contributed by atoms with Crippen LogP contribution in [0.25, 0.3) is 0 Å². The first kappa shape index (κ1) is 22.7. The molecule has 0 aromatic rings. The molecule has 0 aliphatic rings. The summed E-state index contributed by atoms with van der Waals surface area (Å²) < 4.78 is 0. The van der Waals surface area contributed by atoms with E-state index in [2.05, 4.69) is 0 Å². The molecule has 0 aliphatic carbocycles. The first-order valence-electron chi connectivity index (χ1n) is 5.48. The Morgan fingerprint density at radius 2 is 1.00 bits per heavy atom. The number of Topliss-reactive ketones (excluding diaryl/α,β-unsaturated/α-hetero) is 4. The van der Waals surface area contributed by atoms with E-state index in [1.54, 1.807) is 0 Å². The van der Waals surface area contributed by atoms with Crippen LogP contribution in [-0.4, -0.2) is 23.1 Å². The molecule has 0 radical (unpaired) electrons. The molecule has 0 unspecified atom stereocenters. The fourth-order valence-electron chi connectivity index (χ4n) is 0.842. The predicted octanol–water partition coefficient (Wildman–Crippen LogP) is 2.13. The van der Waals surface area contributed by atoms with Gasteiger partial charge in [-0.2, -0.15) is 0 Å². The number of carbonyl (C=O) groups excluding carboxylic acids is 4. The summed E-state index contributed by atoms with van der Waals surface area (Å²) in [4.78, 5) is 41.6. The van der Waals surface area contributed by atoms with Crippen molar-refractivity contribution < 1.29 is 45.4 Å². The molecule has 102 valence electrons. The van der Waals surface area contributed by atoms with Crippen molar-refractivity contribution in [1.29, 1.82) is 0 Å². The molecule has 18 heavy (non-hydrogen) atoms. The molecule has 0 spiro atoms. The number of ketones is 4. The third-order valence-electron chi connectivity index (χ3n) is 1.74. The second kappa shape index (κ2) is 10.5. The van der Waals surface area contributed by atoms with Crippen molar-refractivity contribution in [2.75, 3.05) is 0 Å². The van der Waals surface area contributed by atoms with Crippen LogP contribution in [0.5, 0.6) is 0 Å². The summed E-state index contributed by atoms with van der Waals surface area (Å²) in [6.07, 6.45) is 0.156. The van der Waals surface area contributed by atoms with Crippen molar-refractivity contribution in [3.63, 3.8) is 0 Å². The largest absolute Gasteiger partial charge is 0.300 e. The van der Waals surface area contributed by atoms with Crippen molar-refractivity contribution in [1.82, 2.24) is 0 Å². The van der Waals surface area contributed by atoms with E-state index in [1.807, 2.05) is 20.8 Å². The van der Waals surface area contributed by atoms with Crippen molar-refractivity contribution in [2.24, 2.45) is 5.41 Å². The normalized spacial score (nSPS) is 9.44. The van der Waals surface area contributed by atoms with Gasteiger partial charge in [-0.05, 0) is 20.8 Å². The predicted molar refractivity (Wildman–Crippen MR) is 65.7 cm³/mol. The summed E-state index contributed by atoms with van der Waals surface area (Å²) in [5.74, 6) is -0.167. The molecule has 0 atom stereocenters. The molecule has 0 rings (SSSR count). The molecule has 0 saturated heterocycles. The second-order valence-electron chi connectivity index (χ2n) is 5.13. The zero-order valence-corrected chi connectivity index (χ0v) is 14.5. The Bertz CT molecular complexity index is 301. The molecule has 0 N–H and O–H groups in total. The molecular formula is C13H22O4Zr. The molecule has 0 aromatic heterocycles. The van der Waals surface area contributed by atoms with Crippen molar-refractivity contribution in [2.45, 2.75) is 54.4 Å². The number of hydrogen-bond donors (Lipinski definition) is 0. The van der Waals surface area contributed by atoms with Gasteiger partial charge >= 0.3 is 0 Å². The smallest absolute Gasteiger partial charge is 0.145 e. The molecule has 0 aromatic carbocycles. The van der Waals surface area contributed by atoms with Crippen molar-refractivity contribution >= 4 is 23.1 Å². The van der Waals surface area contributed by atoms with Crippen LogP contribution in [0.2, 0.25) is 0 Å². The minimum Gasteiger partial charge on any atom is -0.300 e. The second-order valence-corrected chi connectivity index (χ2v) is 5.13. The van der Waals surface area contributed by atoms with Gasteiger partial charge in [-0.1, -0.05) is 20.8 Å². The topological polar surface area (TPSA) is 68.3 Å². The summed E-state index contributed by atoms with van der Waals surface area (Å²) in [6, 6.07) is 0. The van der Waals surface area contributed by atoms with Gasteiger partial charge in [0.25, 0.3) is 0 Å². The summed E-state index contributed by atoms with van der Waals surface area (Å²) in [7, 11) is 0. The van der Waals surface area contributed by atoms with Gasteiger partial charge in [-0.25, -0.2) is 0 Å². The maximum absolute atomic E-state index is 11.1. The Kier molecular flexibility index (Phi) is 13.2. The average Bonchev–Trinajstić information content (AvgIpc) is 1.98. The zero-order valence-electron chi connectivity index (χ0n) is 12.0. The van der Waals surface area contributed by atoms with Crippen LogP contribution in [-0.2, 0) is 45.4 Å². The van der Waals surface area contributed by atoms with Gasteiger partial charge in [-0.15, -0.1) is 0 Å². The van der Waals surface area contributed by atoms with E-state index in [4.69, 9.17) is 0 Å². The van der Waals surface area contributed by atoms with E-state index in [0.717, 1.165) is 0 Å². The first-order valence-corrected chi connectivity index (χ1v) is 5.48. The third kappa shape index (κ3) is 17.9. The van der Waals surface area contributed by atoms with Crippen molar-refractivity contribution in [3.05, 3.63) is 0 Å². The van der Waals surface area contributed by atoms with Gasteiger partial charge in [0.05, 0.1) is 12.8 Å². The van der Waals surface area contributed by atoms with Crippen molar-refractivity contribution in [3.8, 4) is 0 Å². The molecule has 5 heteroatoms. The fraction of sp³-hybridized carbons (Fsp3) is 0.692. The van der Waals surface area contributed by atoms with Crippen LogP contribution >= 0.6 is 0 Å². The molecule has 0 bridgehead atoms. The van der Waals surface area contributed by atoms with Crippen LogP contribution in [0, 0.1) is 5.41 Å². The van der Waals surface area contributed by atoms with Crippen LogP contribution in [0.4, 0.5) is 0 Å². The van der Waals surface area contributed by atoms with Gasteiger partial charge in [0.15, 0.2) is 0 Å². The van der Waals surface area contributed by atoms with Gasteiger partial charge < -0.3 is 0 Å². The van der Waals surface area contributed by atoms with E-state index < -0.39 is 0 Å². The summed E-state index contributed by atoms with van der Waals surface area (Å²) in [5, 5.41) is 0. The standard InChI is InChI=1S/C8H14O2.C5H8O2.Zr/c1-6(9)5-7(10)8(2,3)4;1-4(6)3-5(2)7;/h5H2,1-4H3;3H2,1-2H3;. The summed E-state index contributed by atoms with van der Waals surface area (Å²) in [6.45, 7) is 9.70. The Labute approximate surface area is 128 Å². The molecule has 0 fully saturated rings. The molecule has 0 heterocycles. The summed E-state index contributed by atoms with van der Waals surface area (Å²) in [5.41, 5.74) is -0.369. The van der Waals surface area contributed by atoms with E-state index in [0.29, 0.717) is 0 Å². The zero-order chi connectivity index (χ0) is 14.2. The fourth-order valence-corrected chi connectivity index (χ4v) is 0.842. The number of carbonyl (C=O) groups is 4. The number of rotatable bonds is 4. The molecular weight excluding hydrogens is 311 g/mol. The average molecular weight is 334 g/mol. The molecule has 0 aliphatic heterocycles. The third-order valence-corrected chi connectivity index (χ3v) is 1.74. The molecule has 0 saturated carbocycles. The van der Waals surface area contributed by atoms with E-state index in [1.165, 1.54) is 20.8 Å². The minimum absolute atomic E-state index is 0. The van der Waals surface area contributed by atoms with Gasteiger partial charge in [0, 0.05) is 31.6 Å². The van der Waals surface area contributed by atoms with E-state index in [-0.39, 0.29) is 67.6 Å². The summed E-state index contributed by atoms with van der Waals surface area (Å²) >= 11 is 0. The maximum atomic E-state index is 11.1. The van der Waals surface area contributed by atoms with E-state index >= 15 is 0 Å². The van der Waals surface area contributed by atoms with Gasteiger partial charge in [0.1, 0.15) is 23.1 Å². The molecule has 4 nitrogen and oxygen atoms in total. The monoisotopic (exact) mass is 332 g/mol.